The number of nitrogens with one attached hydrogen (secondary N) is 2. The Morgan fingerprint density at radius 2 is 1.84 bits per heavy atom. The Hall–Kier alpha value is -1.63. The number of carbonyl (C=O) groups is 3. The number of carboxylic acids is 1. The molecular formula is C12H23N3O4. The molecule has 2 amide bonds. The van der Waals surface area contributed by atoms with E-state index in [1.165, 1.54) is 6.92 Å². The highest BCUT2D eigenvalue weighted by molar-refractivity contribution is 5.82. The maximum absolute atomic E-state index is 11.5. The van der Waals surface area contributed by atoms with Crippen LogP contribution in [0.5, 0.6) is 0 Å². The summed E-state index contributed by atoms with van der Waals surface area (Å²) in [5.41, 5.74) is 0. The third kappa shape index (κ3) is 9.01. The normalized spacial score (nSPS) is 12.3. The Balaban J connectivity index is 4.18. The molecule has 0 spiro atoms. The fourth-order valence-electron chi connectivity index (χ4n) is 1.43. The molecule has 0 aromatic heterocycles. The van der Waals surface area contributed by atoms with E-state index in [2.05, 4.69) is 10.6 Å². The number of aliphatic carboxylic acids is 1. The first-order valence-corrected chi connectivity index (χ1v) is 6.17. The number of amides is 2. The van der Waals surface area contributed by atoms with Gasteiger partial charge in [0, 0.05) is 20.0 Å². The van der Waals surface area contributed by atoms with E-state index in [1.807, 2.05) is 13.8 Å². The molecule has 0 heterocycles. The molecule has 0 aromatic rings. The summed E-state index contributed by atoms with van der Waals surface area (Å²) in [5, 5.41) is 14.0. The molecule has 0 rings (SSSR count). The third-order valence-corrected chi connectivity index (χ3v) is 2.29. The van der Waals surface area contributed by atoms with Gasteiger partial charge in [0.1, 0.15) is 6.04 Å². The van der Waals surface area contributed by atoms with Crippen molar-refractivity contribution in [2.75, 3.05) is 26.7 Å². The van der Waals surface area contributed by atoms with Crippen LogP contribution in [0, 0.1) is 5.92 Å². The molecule has 0 saturated heterocycles. The van der Waals surface area contributed by atoms with Crippen LogP contribution in [0.3, 0.4) is 0 Å². The van der Waals surface area contributed by atoms with Gasteiger partial charge in [0.15, 0.2) is 0 Å². The zero-order valence-corrected chi connectivity index (χ0v) is 11.9. The highest BCUT2D eigenvalue weighted by Crippen LogP contribution is 1.92. The maximum atomic E-state index is 11.5. The lowest BCUT2D eigenvalue weighted by Gasteiger charge is -2.21. The second kappa shape index (κ2) is 8.47. The van der Waals surface area contributed by atoms with E-state index in [0.29, 0.717) is 12.5 Å². The fraction of sp³-hybridized carbons (Fsp3) is 0.750. The molecule has 0 aromatic carbocycles. The van der Waals surface area contributed by atoms with Crippen LogP contribution in [-0.4, -0.2) is 60.5 Å². The first kappa shape index (κ1) is 17.4. The first-order chi connectivity index (χ1) is 8.72. The molecule has 0 radical (unpaired) electrons. The molecule has 110 valence electrons. The van der Waals surface area contributed by atoms with Gasteiger partial charge in [-0.1, -0.05) is 13.8 Å². The molecule has 1 unspecified atom stereocenters. The average Bonchev–Trinajstić information content (AvgIpc) is 2.24. The number of nitrogens with zero attached hydrogens (tertiary/aromatic N) is 1. The van der Waals surface area contributed by atoms with Gasteiger partial charge in [-0.05, 0) is 13.0 Å². The van der Waals surface area contributed by atoms with Crippen molar-refractivity contribution in [1.29, 1.82) is 0 Å². The van der Waals surface area contributed by atoms with E-state index in [0.717, 1.165) is 0 Å². The number of likely N-dealkylation sites (N-methyl/N-ethyl adjacent to an activating group) is 1. The summed E-state index contributed by atoms with van der Waals surface area (Å²) in [5.74, 6) is -1.33. The van der Waals surface area contributed by atoms with Crippen molar-refractivity contribution in [3.05, 3.63) is 0 Å². The van der Waals surface area contributed by atoms with Crippen molar-refractivity contribution in [1.82, 2.24) is 15.5 Å². The highest BCUT2D eigenvalue weighted by atomic mass is 16.4. The first-order valence-electron chi connectivity index (χ1n) is 6.17. The summed E-state index contributed by atoms with van der Waals surface area (Å²) < 4.78 is 0. The Morgan fingerprint density at radius 1 is 1.26 bits per heavy atom. The van der Waals surface area contributed by atoms with Gasteiger partial charge in [-0.25, -0.2) is 4.79 Å². The van der Waals surface area contributed by atoms with Gasteiger partial charge >= 0.3 is 5.97 Å². The minimum atomic E-state index is -1.12. The molecule has 7 heteroatoms. The monoisotopic (exact) mass is 273 g/mol. The lowest BCUT2D eigenvalue weighted by molar-refractivity contribution is -0.142. The lowest BCUT2D eigenvalue weighted by Crippen LogP contribution is -2.48. The van der Waals surface area contributed by atoms with Crippen molar-refractivity contribution in [2.45, 2.75) is 26.8 Å². The second-order valence-corrected chi connectivity index (χ2v) is 4.99. The number of rotatable bonds is 8. The van der Waals surface area contributed by atoms with Crippen LogP contribution in [0.25, 0.3) is 0 Å². The van der Waals surface area contributed by atoms with Gasteiger partial charge in [0.2, 0.25) is 11.8 Å². The molecule has 1 atom stereocenters. The minimum Gasteiger partial charge on any atom is -0.480 e. The molecular weight excluding hydrogens is 250 g/mol. The fourth-order valence-corrected chi connectivity index (χ4v) is 1.43. The standard InChI is InChI=1S/C12H23N3O4/c1-8(2)5-13-11(17)7-15(4)6-10(12(18)19)14-9(3)16/h8,10H,5-7H2,1-4H3,(H,13,17)(H,14,16)(H,18,19). The lowest BCUT2D eigenvalue weighted by atomic mass is 10.2. The number of carbonyl (C=O) groups excluding carboxylic acids is 2. The molecule has 3 N–H and O–H groups in total. The average molecular weight is 273 g/mol. The van der Waals surface area contributed by atoms with Crippen molar-refractivity contribution in [3.63, 3.8) is 0 Å². The molecule has 19 heavy (non-hydrogen) atoms. The van der Waals surface area contributed by atoms with Crippen molar-refractivity contribution < 1.29 is 19.5 Å². The minimum absolute atomic E-state index is 0.0734. The Bertz CT molecular complexity index is 331. The van der Waals surface area contributed by atoms with Gasteiger partial charge in [0.05, 0.1) is 6.54 Å². The largest absolute Gasteiger partial charge is 0.480 e. The summed E-state index contributed by atoms with van der Waals surface area (Å²) in [6.07, 6.45) is 0. The number of hydrogen-bond acceptors (Lipinski definition) is 4. The van der Waals surface area contributed by atoms with Crippen molar-refractivity contribution in [2.24, 2.45) is 5.92 Å². The van der Waals surface area contributed by atoms with Crippen LogP contribution >= 0.6 is 0 Å². The molecule has 0 aliphatic heterocycles. The molecule has 0 fully saturated rings. The second-order valence-electron chi connectivity index (χ2n) is 4.99. The van der Waals surface area contributed by atoms with Gasteiger partial charge in [-0.3, -0.25) is 14.5 Å². The summed E-state index contributed by atoms with van der Waals surface area (Å²) >= 11 is 0. The Morgan fingerprint density at radius 3 is 2.26 bits per heavy atom. The topological polar surface area (TPSA) is 98.7 Å². The smallest absolute Gasteiger partial charge is 0.327 e. The van der Waals surface area contributed by atoms with E-state index < -0.39 is 17.9 Å². The van der Waals surface area contributed by atoms with E-state index in [1.54, 1.807) is 11.9 Å². The maximum Gasteiger partial charge on any atom is 0.327 e. The zero-order valence-electron chi connectivity index (χ0n) is 11.9. The molecule has 0 aliphatic carbocycles. The van der Waals surface area contributed by atoms with Crippen molar-refractivity contribution >= 4 is 17.8 Å². The Kier molecular flexibility index (Phi) is 7.74. The van der Waals surface area contributed by atoms with Crippen LogP contribution in [0.1, 0.15) is 20.8 Å². The highest BCUT2D eigenvalue weighted by Gasteiger charge is 2.21. The Labute approximate surface area is 113 Å². The van der Waals surface area contributed by atoms with E-state index in [4.69, 9.17) is 5.11 Å². The summed E-state index contributed by atoms with van der Waals surface area (Å²) in [7, 11) is 1.63. The molecule has 0 bridgehead atoms. The van der Waals surface area contributed by atoms with Crippen LogP contribution in [-0.2, 0) is 14.4 Å². The number of hydrogen-bond donors (Lipinski definition) is 3. The predicted molar refractivity (Wildman–Crippen MR) is 70.6 cm³/mol. The SMILES string of the molecule is CC(=O)NC(CN(C)CC(=O)NCC(C)C)C(=O)O. The number of carboxylic acid groups (broad SMARTS) is 1. The van der Waals surface area contributed by atoms with E-state index in [9.17, 15) is 14.4 Å². The van der Waals surface area contributed by atoms with Crippen LogP contribution in [0.15, 0.2) is 0 Å². The molecule has 0 saturated carbocycles. The van der Waals surface area contributed by atoms with Gasteiger partial charge in [0.25, 0.3) is 0 Å². The van der Waals surface area contributed by atoms with Crippen molar-refractivity contribution in [3.8, 4) is 0 Å². The van der Waals surface area contributed by atoms with Crippen LogP contribution < -0.4 is 10.6 Å². The van der Waals surface area contributed by atoms with Gasteiger partial charge in [-0.15, -0.1) is 0 Å². The quantitative estimate of drug-likeness (QED) is 0.542. The van der Waals surface area contributed by atoms with Gasteiger partial charge < -0.3 is 15.7 Å². The molecule has 7 nitrogen and oxygen atoms in total. The summed E-state index contributed by atoms with van der Waals surface area (Å²) in [4.78, 5) is 34.9. The zero-order chi connectivity index (χ0) is 15.0. The summed E-state index contributed by atoms with van der Waals surface area (Å²) in [6, 6.07) is -1.01. The van der Waals surface area contributed by atoms with E-state index in [-0.39, 0.29) is 19.0 Å². The van der Waals surface area contributed by atoms with Crippen LogP contribution in [0.4, 0.5) is 0 Å². The van der Waals surface area contributed by atoms with E-state index >= 15 is 0 Å². The third-order valence-electron chi connectivity index (χ3n) is 2.29. The predicted octanol–water partition coefficient (Wildman–Crippen LogP) is -0.720. The van der Waals surface area contributed by atoms with Crippen LogP contribution in [0.2, 0.25) is 0 Å². The molecule has 0 aliphatic rings. The van der Waals surface area contributed by atoms with Gasteiger partial charge in [-0.2, -0.15) is 0 Å². The summed E-state index contributed by atoms with van der Waals surface area (Å²) in [6.45, 7) is 5.98.